The van der Waals surface area contributed by atoms with E-state index in [4.69, 9.17) is 4.74 Å². The summed E-state index contributed by atoms with van der Waals surface area (Å²) in [7, 11) is 1.66. The van der Waals surface area contributed by atoms with Crippen molar-refractivity contribution >= 4 is 5.97 Å². The Morgan fingerprint density at radius 3 is 2.38 bits per heavy atom. The molecule has 0 bridgehead atoms. The maximum absolute atomic E-state index is 11.2. The molecule has 1 unspecified atom stereocenters. The quantitative estimate of drug-likeness (QED) is 0.692. The third kappa shape index (κ3) is 4.49. The maximum Gasteiger partial charge on any atom is 0.310 e. The van der Waals surface area contributed by atoms with Crippen LogP contribution < -0.4 is 0 Å². The van der Waals surface area contributed by atoms with Crippen molar-refractivity contribution in [2.75, 3.05) is 26.8 Å². The van der Waals surface area contributed by atoms with Gasteiger partial charge in [-0.25, -0.2) is 0 Å². The number of nitrogens with zero attached hydrogens (tertiary/aromatic N) is 1. The van der Waals surface area contributed by atoms with Gasteiger partial charge in [0.1, 0.15) is 0 Å². The Hall–Kier alpha value is -0.610. The fourth-order valence-corrected chi connectivity index (χ4v) is 1.51. The molecule has 0 aromatic carbocycles. The molecule has 0 aliphatic carbocycles. The predicted octanol–water partition coefficient (Wildman–Crippen LogP) is 1.84. The minimum atomic E-state index is -0.724. The van der Waals surface area contributed by atoms with Crippen LogP contribution in [0.15, 0.2) is 0 Å². The Labute approximate surface area is 98.6 Å². The molecule has 0 aliphatic heterocycles. The molecule has 0 aliphatic rings. The summed E-state index contributed by atoms with van der Waals surface area (Å²) in [5.41, 5.74) is -0.669. The molecule has 0 saturated carbocycles. The van der Waals surface area contributed by atoms with Gasteiger partial charge in [-0.3, -0.25) is 9.69 Å². The topological polar surface area (TPSA) is 49.8 Å². The average Bonchev–Trinajstić information content (AvgIpc) is 2.23. The summed E-state index contributed by atoms with van der Waals surface area (Å²) in [4.78, 5) is 13.4. The Kier molecular flexibility index (Phi) is 6.60. The highest BCUT2D eigenvalue weighted by Crippen LogP contribution is 2.23. The van der Waals surface area contributed by atoms with Crippen LogP contribution in [0.2, 0.25) is 0 Å². The van der Waals surface area contributed by atoms with E-state index in [1.165, 1.54) is 0 Å². The molecule has 0 amide bonds. The molecular formula is C12H25NO3. The van der Waals surface area contributed by atoms with Gasteiger partial charge in [0.15, 0.2) is 0 Å². The summed E-state index contributed by atoms with van der Waals surface area (Å²) in [6.45, 7) is 9.86. The fraction of sp³-hybridized carbons (Fsp3) is 0.917. The Balaban J connectivity index is 4.52. The smallest absolute Gasteiger partial charge is 0.310 e. The van der Waals surface area contributed by atoms with Crippen molar-refractivity contribution in [3.8, 4) is 0 Å². The molecule has 0 aromatic heterocycles. The summed E-state index contributed by atoms with van der Waals surface area (Å²) in [6, 6.07) is 0.334. The summed E-state index contributed by atoms with van der Waals surface area (Å²) >= 11 is 0. The van der Waals surface area contributed by atoms with Crippen molar-refractivity contribution in [2.45, 2.75) is 40.2 Å². The minimum absolute atomic E-state index is 0.334. The molecule has 4 nitrogen and oxygen atoms in total. The van der Waals surface area contributed by atoms with Gasteiger partial charge in [0.25, 0.3) is 0 Å². The summed E-state index contributed by atoms with van der Waals surface area (Å²) < 4.78 is 5.04. The van der Waals surface area contributed by atoms with Crippen molar-refractivity contribution < 1.29 is 14.6 Å². The zero-order valence-corrected chi connectivity index (χ0v) is 11.1. The van der Waals surface area contributed by atoms with Gasteiger partial charge >= 0.3 is 5.97 Å². The number of methoxy groups -OCH3 is 1. The lowest BCUT2D eigenvalue weighted by molar-refractivity contribution is -0.149. The van der Waals surface area contributed by atoms with Gasteiger partial charge in [-0.15, -0.1) is 0 Å². The first kappa shape index (κ1) is 15.4. The highest BCUT2D eigenvalue weighted by molar-refractivity contribution is 5.74. The molecular weight excluding hydrogens is 206 g/mol. The Morgan fingerprint density at radius 2 is 2.06 bits per heavy atom. The van der Waals surface area contributed by atoms with E-state index in [9.17, 15) is 9.90 Å². The normalized spacial score (nSPS) is 15.4. The van der Waals surface area contributed by atoms with E-state index >= 15 is 0 Å². The van der Waals surface area contributed by atoms with Gasteiger partial charge in [-0.05, 0) is 27.2 Å². The van der Waals surface area contributed by atoms with E-state index in [-0.39, 0.29) is 0 Å². The van der Waals surface area contributed by atoms with Gasteiger partial charge in [-0.1, -0.05) is 6.92 Å². The summed E-state index contributed by atoms with van der Waals surface area (Å²) in [5, 5.41) is 9.23. The molecule has 96 valence electrons. The molecule has 0 heterocycles. The van der Waals surface area contributed by atoms with Gasteiger partial charge in [0.2, 0.25) is 0 Å². The van der Waals surface area contributed by atoms with E-state index in [1.807, 2.05) is 6.92 Å². The second kappa shape index (κ2) is 6.86. The molecule has 0 saturated heterocycles. The highest BCUT2D eigenvalue weighted by Gasteiger charge is 2.33. The standard InChI is InChI=1S/C12H25NO3/c1-6-12(4,11(14)15)9-13(10(2)3)7-8-16-5/h10H,6-9H2,1-5H3,(H,14,15). The number of rotatable bonds is 8. The lowest BCUT2D eigenvalue weighted by Crippen LogP contribution is -2.45. The zero-order valence-electron chi connectivity index (χ0n) is 11.1. The summed E-state index contributed by atoms with van der Waals surface area (Å²) in [6.07, 6.45) is 0.637. The van der Waals surface area contributed by atoms with Gasteiger partial charge < -0.3 is 9.84 Å². The van der Waals surface area contributed by atoms with Crippen LogP contribution in [-0.2, 0) is 9.53 Å². The van der Waals surface area contributed by atoms with E-state index in [1.54, 1.807) is 14.0 Å². The van der Waals surface area contributed by atoms with Crippen molar-refractivity contribution in [2.24, 2.45) is 5.41 Å². The molecule has 0 radical (unpaired) electrons. The zero-order chi connectivity index (χ0) is 12.8. The number of carboxylic acids is 1. The Morgan fingerprint density at radius 1 is 1.50 bits per heavy atom. The number of carboxylic acid groups (broad SMARTS) is 1. The van der Waals surface area contributed by atoms with Gasteiger partial charge in [0.05, 0.1) is 12.0 Å². The van der Waals surface area contributed by atoms with E-state index in [0.29, 0.717) is 25.6 Å². The van der Waals surface area contributed by atoms with Crippen LogP contribution in [0.3, 0.4) is 0 Å². The molecule has 0 spiro atoms. The predicted molar refractivity (Wildman–Crippen MR) is 64.6 cm³/mol. The van der Waals surface area contributed by atoms with Crippen LogP contribution >= 0.6 is 0 Å². The average molecular weight is 231 g/mol. The van der Waals surface area contributed by atoms with Crippen LogP contribution in [0, 0.1) is 5.41 Å². The first-order chi connectivity index (χ1) is 7.37. The fourth-order valence-electron chi connectivity index (χ4n) is 1.51. The molecule has 1 N–H and O–H groups in total. The lowest BCUT2D eigenvalue weighted by atomic mass is 9.86. The van der Waals surface area contributed by atoms with Crippen LogP contribution in [0.4, 0.5) is 0 Å². The van der Waals surface area contributed by atoms with Crippen LogP contribution in [0.5, 0.6) is 0 Å². The van der Waals surface area contributed by atoms with Gasteiger partial charge in [-0.2, -0.15) is 0 Å². The lowest BCUT2D eigenvalue weighted by Gasteiger charge is -2.34. The van der Waals surface area contributed by atoms with Gasteiger partial charge in [0, 0.05) is 26.2 Å². The molecule has 0 aromatic rings. The monoisotopic (exact) mass is 231 g/mol. The Bertz CT molecular complexity index is 218. The highest BCUT2D eigenvalue weighted by atomic mass is 16.5. The largest absolute Gasteiger partial charge is 0.481 e. The third-order valence-electron chi connectivity index (χ3n) is 3.16. The van der Waals surface area contributed by atoms with Crippen LogP contribution in [0.25, 0.3) is 0 Å². The number of carbonyl (C=O) groups is 1. The number of hydrogen-bond donors (Lipinski definition) is 1. The van der Waals surface area contributed by atoms with E-state index in [2.05, 4.69) is 18.7 Å². The number of ether oxygens (including phenoxy) is 1. The molecule has 16 heavy (non-hydrogen) atoms. The van der Waals surface area contributed by atoms with E-state index in [0.717, 1.165) is 6.54 Å². The summed E-state index contributed by atoms with van der Waals surface area (Å²) in [5.74, 6) is -0.724. The van der Waals surface area contributed by atoms with Crippen LogP contribution in [-0.4, -0.2) is 48.8 Å². The van der Waals surface area contributed by atoms with E-state index < -0.39 is 11.4 Å². The van der Waals surface area contributed by atoms with Crippen molar-refractivity contribution in [1.29, 1.82) is 0 Å². The number of aliphatic carboxylic acids is 1. The van der Waals surface area contributed by atoms with Crippen molar-refractivity contribution in [3.05, 3.63) is 0 Å². The first-order valence-electron chi connectivity index (χ1n) is 5.83. The second-order valence-electron chi connectivity index (χ2n) is 4.78. The molecule has 1 atom stereocenters. The molecule has 0 fully saturated rings. The van der Waals surface area contributed by atoms with Crippen molar-refractivity contribution in [3.63, 3.8) is 0 Å². The number of hydrogen-bond acceptors (Lipinski definition) is 3. The van der Waals surface area contributed by atoms with Crippen LogP contribution in [0.1, 0.15) is 34.1 Å². The second-order valence-corrected chi connectivity index (χ2v) is 4.78. The molecule has 4 heteroatoms. The first-order valence-corrected chi connectivity index (χ1v) is 5.83. The third-order valence-corrected chi connectivity index (χ3v) is 3.16. The maximum atomic E-state index is 11.2. The minimum Gasteiger partial charge on any atom is -0.481 e. The molecule has 0 rings (SSSR count). The SMILES string of the molecule is CCC(C)(CN(CCOC)C(C)C)C(=O)O. The van der Waals surface area contributed by atoms with Crippen molar-refractivity contribution in [1.82, 2.24) is 4.90 Å².